The summed E-state index contributed by atoms with van der Waals surface area (Å²) in [6, 6.07) is 18.0. The molecule has 22 heavy (non-hydrogen) atoms. The van der Waals surface area contributed by atoms with Crippen LogP contribution in [0.3, 0.4) is 0 Å². The number of rotatable bonds is 5. The van der Waals surface area contributed by atoms with Gasteiger partial charge in [0.15, 0.2) is 0 Å². The molecule has 0 aromatic heterocycles. The third-order valence-corrected chi connectivity index (χ3v) is 4.30. The number of anilines is 1. The Morgan fingerprint density at radius 3 is 2.41 bits per heavy atom. The SMILES string of the molecule is CCN(C(=O)C1CC1c1ccc(OC)cc1)c1ccccc1. The molecule has 3 rings (SSSR count). The quantitative estimate of drug-likeness (QED) is 0.838. The minimum Gasteiger partial charge on any atom is -0.497 e. The predicted octanol–water partition coefficient (Wildman–Crippen LogP) is 3.85. The molecule has 0 bridgehead atoms. The van der Waals surface area contributed by atoms with Gasteiger partial charge in [-0.15, -0.1) is 0 Å². The van der Waals surface area contributed by atoms with Gasteiger partial charge >= 0.3 is 0 Å². The van der Waals surface area contributed by atoms with Crippen LogP contribution in [-0.2, 0) is 4.79 Å². The molecule has 0 radical (unpaired) electrons. The summed E-state index contributed by atoms with van der Waals surface area (Å²) in [6.07, 6.45) is 0.939. The summed E-state index contributed by atoms with van der Waals surface area (Å²) in [7, 11) is 1.66. The monoisotopic (exact) mass is 295 g/mol. The normalized spacial score (nSPS) is 19.5. The molecule has 1 saturated carbocycles. The second-order valence-electron chi connectivity index (χ2n) is 5.64. The first kappa shape index (κ1) is 14.6. The van der Waals surface area contributed by atoms with Gasteiger partial charge in [0, 0.05) is 18.2 Å². The van der Waals surface area contributed by atoms with Gasteiger partial charge in [-0.05, 0) is 49.1 Å². The van der Waals surface area contributed by atoms with Gasteiger partial charge in [-0.2, -0.15) is 0 Å². The number of methoxy groups -OCH3 is 1. The van der Waals surface area contributed by atoms with Crippen LogP contribution >= 0.6 is 0 Å². The Bertz CT molecular complexity index is 636. The Labute approximate surface area is 131 Å². The van der Waals surface area contributed by atoms with Gasteiger partial charge in [0.05, 0.1) is 7.11 Å². The Balaban J connectivity index is 1.71. The summed E-state index contributed by atoms with van der Waals surface area (Å²) >= 11 is 0. The van der Waals surface area contributed by atoms with Gasteiger partial charge < -0.3 is 9.64 Å². The Morgan fingerprint density at radius 2 is 1.82 bits per heavy atom. The first-order valence-electron chi connectivity index (χ1n) is 7.75. The van der Waals surface area contributed by atoms with Crippen LogP contribution in [0.4, 0.5) is 5.69 Å². The van der Waals surface area contributed by atoms with Crippen molar-refractivity contribution < 1.29 is 9.53 Å². The van der Waals surface area contributed by atoms with Crippen LogP contribution in [0.5, 0.6) is 5.75 Å². The molecule has 1 aliphatic rings. The number of carbonyl (C=O) groups is 1. The lowest BCUT2D eigenvalue weighted by Gasteiger charge is -2.21. The van der Waals surface area contributed by atoms with E-state index in [1.54, 1.807) is 7.11 Å². The van der Waals surface area contributed by atoms with E-state index in [0.717, 1.165) is 17.9 Å². The average Bonchev–Trinajstić information content (AvgIpc) is 3.37. The molecule has 0 N–H and O–H groups in total. The van der Waals surface area contributed by atoms with Gasteiger partial charge in [0.2, 0.25) is 5.91 Å². The second kappa shape index (κ2) is 6.22. The van der Waals surface area contributed by atoms with E-state index in [1.165, 1.54) is 5.56 Å². The predicted molar refractivity (Wildman–Crippen MR) is 88.3 cm³/mol. The van der Waals surface area contributed by atoms with E-state index in [4.69, 9.17) is 4.74 Å². The van der Waals surface area contributed by atoms with Gasteiger partial charge in [-0.1, -0.05) is 30.3 Å². The lowest BCUT2D eigenvalue weighted by molar-refractivity contribution is -0.119. The maximum Gasteiger partial charge on any atom is 0.230 e. The molecule has 2 unspecified atom stereocenters. The molecule has 114 valence electrons. The smallest absolute Gasteiger partial charge is 0.230 e. The Morgan fingerprint density at radius 1 is 1.14 bits per heavy atom. The van der Waals surface area contributed by atoms with Crippen LogP contribution in [-0.4, -0.2) is 19.6 Å². The zero-order valence-corrected chi connectivity index (χ0v) is 13.0. The van der Waals surface area contributed by atoms with E-state index in [0.29, 0.717) is 12.5 Å². The highest BCUT2D eigenvalue weighted by atomic mass is 16.5. The van der Waals surface area contributed by atoms with Crippen molar-refractivity contribution in [1.29, 1.82) is 0 Å². The molecule has 2 aromatic rings. The number of hydrogen-bond acceptors (Lipinski definition) is 2. The van der Waals surface area contributed by atoms with E-state index in [-0.39, 0.29) is 11.8 Å². The molecule has 0 saturated heterocycles. The molecule has 0 spiro atoms. The van der Waals surface area contributed by atoms with Gasteiger partial charge in [0.1, 0.15) is 5.75 Å². The lowest BCUT2D eigenvalue weighted by Crippen LogP contribution is -2.32. The number of ether oxygens (including phenoxy) is 1. The fraction of sp³-hybridized carbons (Fsp3) is 0.316. The number of hydrogen-bond donors (Lipinski definition) is 0. The second-order valence-corrected chi connectivity index (χ2v) is 5.64. The van der Waals surface area contributed by atoms with Crippen LogP contribution < -0.4 is 9.64 Å². The summed E-state index contributed by atoms with van der Waals surface area (Å²) in [5.74, 6) is 1.53. The molecule has 3 heteroatoms. The number of nitrogens with zero attached hydrogens (tertiary/aromatic N) is 1. The zero-order valence-electron chi connectivity index (χ0n) is 13.0. The van der Waals surface area contributed by atoms with Crippen molar-refractivity contribution in [3.63, 3.8) is 0 Å². The minimum atomic E-state index is 0.105. The fourth-order valence-electron chi connectivity index (χ4n) is 2.96. The molecule has 0 aliphatic heterocycles. The molecular formula is C19H21NO2. The maximum absolute atomic E-state index is 12.7. The molecular weight excluding hydrogens is 274 g/mol. The van der Waals surface area contributed by atoms with Gasteiger partial charge in [-0.25, -0.2) is 0 Å². The third-order valence-electron chi connectivity index (χ3n) is 4.30. The highest BCUT2D eigenvalue weighted by Gasteiger charge is 2.45. The standard InChI is InChI=1S/C19H21NO2/c1-3-20(15-7-5-4-6-8-15)19(21)18-13-17(18)14-9-11-16(22-2)12-10-14/h4-12,17-18H,3,13H2,1-2H3. The highest BCUT2D eigenvalue weighted by Crippen LogP contribution is 2.49. The minimum absolute atomic E-state index is 0.105. The van der Waals surface area contributed by atoms with Crippen molar-refractivity contribution in [2.24, 2.45) is 5.92 Å². The largest absolute Gasteiger partial charge is 0.497 e. The summed E-state index contributed by atoms with van der Waals surface area (Å²) in [5.41, 5.74) is 2.21. The Kier molecular flexibility index (Phi) is 4.14. The van der Waals surface area contributed by atoms with Crippen molar-refractivity contribution in [2.75, 3.05) is 18.6 Å². The molecule has 1 aliphatic carbocycles. The molecule has 1 amide bonds. The van der Waals surface area contributed by atoms with Crippen LogP contribution in [0, 0.1) is 5.92 Å². The number of carbonyl (C=O) groups excluding carboxylic acids is 1. The molecule has 2 atom stereocenters. The number of benzene rings is 2. The van der Waals surface area contributed by atoms with Crippen LogP contribution in [0.25, 0.3) is 0 Å². The molecule has 1 fully saturated rings. The van der Waals surface area contributed by atoms with Gasteiger partial charge in [-0.3, -0.25) is 4.79 Å². The van der Waals surface area contributed by atoms with E-state index < -0.39 is 0 Å². The topological polar surface area (TPSA) is 29.5 Å². The van der Waals surface area contributed by atoms with E-state index in [1.807, 2.05) is 54.3 Å². The summed E-state index contributed by atoms with van der Waals surface area (Å²) in [5, 5.41) is 0. The first-order valence-corrected chi connectivity index (χ1v) is 7.75. The number of amides is 1. The summed E-state index contributed by atoms with van der Waals surface area (Å²) in [4.78, 5) is 14.6. The average molecular weight is 295 g/mol. The number of para-hydroxylation sites is 1. The lowest BCUT2D eigenvalue weighted by atomic mass is 10.1. The zero-order chi connectivity index (χ0) is 15.5. The Hall–Kier alpha value is -2.29. The molecule has 0 heterocycles. The molecule has 2 aromatic carbocycles. The van der Waals surface area contributed by atoms with Crippen molar-refractivity contribution in [3.8, 4) is 5.75 Å². The highest BCUT2D eigenvalue weighted by molar-refractivity contribution is 5.97. The third kappa shape index (κ3) is 2.84. The van der Waals surface area contributed by atoms with E-state index in [2.05, 4.69) is 12.1 Å². The van der Waals surface area contributed by atoms with Crippen molar-refractivity contribution >= 4 is 11.6 Å². The van der Waals surface area contributed by atoms with Crippen LogP contribution in [0.15, 0.2) is 54.6 Å². The maximum atomic E-state index is 12.7. The first-order chi connectivity index (χ1) is 10.7. The van der Waals surface area contributed by atoms with Crippen LogP contribution in [0.1, 0.15) is 24.8 Å². The summed E-state index contributed by atoms with van der Waals surface area (Å²) in [6.45, 7) is 2.73. The van der Waals surface area contributed by atoms with Crippen molar-refractivity contribution in [3.05, 3.63) is 60.2 Å². The summed E-state index contributed by atoms with van der Waals surface area (Å²) < 4.78 is 5.18. The van der Waals surface area contributed by atoms with Crippen LogP contribution in [0.2, 0.25) is 0 Å². The fourth-order valence-corrected chi connectivity index (χ4v) is 2.96. The van der Waals surface area contributed by atoms with E-state index in [9.17, 15) is 4.79 Å². The van der Waals surface area contributed by atoms with Crippen molar-refractivity contribution in [2.45, 2.75) is 19.3 Å². The van der Waals surface area contributed by atoms with E-state index >= 15 is 0 Å². The van der Waals surface area contributed by atoms with Crippen molar-refractivity contribution in [1.82, 2.24) is 0 Å². The molecule has 3 nitrogen and oxygen atoms in total. The van der Waals surface area contributed by atoms with Gasteiger partial charge in [0.25, 0.3) is 0 Å².